The lowest BCUT2D eigenvalue weighted by Gasteiger charge is -2.30. The molecule has 0 bridgehead atoms. The standard InChI is InChI=1S/C13H17FO2S/c1-13(6-3-7-17-13)12(15)10-8-9(14)4-5-11(10)16-2/h4-5,8,12,15H,3,6-7H2,1-2H3. The third-order valence-corrected chi connectivity index (χ3v) is 4.89. The zero-order valence-corrected chi connectivity index (χ0v) is 10.9. The first-order valence-corrected chi connectivity index (χ1v) is 6.71. The lowest BCUT2D eigenvalue weighted by atomic mass is 9.92. The van der Waals surface area contributed by atoms with Crippen molar-refractivity contribution in [3.05, 3.63) is 29.6 Å². The highest BCUT2D eigenvalue weighted by molar-refractivity contribution is 8.00. The summed E-state index contributed by atoms with van der Waals surface area (Å²) in [6.07, 6.45) is 1.34. The summed E-state index contributed by atoms with van der Waals surface area (Å²) >= 11 is 1.74. The van der Waals surface area contributed by atoms with E-state index in [1.807, 2.05) is 6.92 Å². The van der Waals surface area contributed by atoms with Gasteiger partial charge in [0.05, 0.1) is 13.2 Å². The Kier molecular flexibility index (Phi) is 3.64. The predicted octanol–water partition coefficient (Wildman–Crippen LogP) is 3.15. The number of thioether (sulfide) groups is 1. The van der Waals surface area contributed by atoms with Crippen LogP contribution >= 0.6 is 11.8 Å². The molecule has 17 heavy (non-hydrogen) atoms. The maximum Gasteiger partial charge on any atom is 0.124 e. The van der Waals surface area contributed by atoms with Crippen molar-refractivity contribution in [1.82, 2.24) is 0 Å². The number of aliphatic hydroxyl groups is 1. The monoisotopic (exact) mass is 256 g/mol. The van der Waals surface area contributed by atoms with Crippen LogP contribution in [0.2, 0.25) is 0 Å². The quantitative estimate of drug-likeness (QED) is 0.901. The highest BCUT2D eigenvalue weighted by Gasteiger charge is 2.39. The largest absolute Gasteiger partial charge is 0.496 e. The van der Waals surface area contributed by atoms with E-state index in [1.54, 1.807) is 17.8 Å². The molecule has 0 aromatic heterocycles. The maximum atomic E-state index is 13.3. The predicted molar refractivity (Wildman–Crippen MR) is 68.0 cm³/mol. The lowest BCUT2D eigenvalue weighted by molar-refractivity contribution is 0.131. The first-order valence-electron chi connectivity index (χ1n) is 5.72. The van der Waals surface area contributed by atoms with Gasteiger partial charge in [0, 0.05) is 10.3 Å². The second kappa shape index (κ2) is 4.86. The van der Waals surface area contributed by atoms with E-state index in [0.717, 1.165) is 18.6 Å². The topological polar surface area (TPSA) is 29.5 Å². The summed E-state index contributed by atoms with van der Waals surface area (Å²) in [5, 5.41) is 10.4. The van der Waals surface area contributed by atoms with E-state index < -0.39 is 6.10 Å². The second-order valence-electron chi connectivity index (χ2n) is 4.55. The van der Waals surface area contributed by atoms with E-state index in [2.05, 4.69) is 0 Å². The van der Waals surface area contributed by atoms with Crippen molar-refractivity contribution in [2.75, 3.05) is 12.9 Å². The van der Waals surface area contributed by atoms with Crippen molar-refractivity contribution in [3.63, 3.8) is 0 Å². The molecule has 1 aromatic carbocycles. The molecule has 0 spiro atoms. The van der Waals surface area contributed by atoms with E-state index in [-0.39, 0.29) is 10.6 Å². The van der Waals surface area contributed by atoms with Crippen LogP contribution in [0.5, 0.6) is 5.75 Å². The first kappa shape index (κ1) is 12.7. The van der Waals surface area contributed by atoms with Gasteiger partial charge in [-0.25, -0.2) is 4.39 Å². The minimum Gasteiger partial charge on any atom is -0.496 e. The molecule has 0 radical (unpaired) electrons. The van der Waals surface area contributed by atoms with Gasteiger partial charge in [0.1, 0.15) is 11.6 Å². The van der Waals surface area contributed by atoms with Gasteiger partial charge in [0.2, 0.25) is 0 Å². The van der Waals surface area contributed by atoms with Crippen LogP contribution in [0.25, 0.3) is 0 Å². The van der Waals surface area contributed by atoms with Crippen molar-refractivity contribution < 1.29 is 14.2 Å². The summed E-state index contributed by atoms with van der Waals surface area (Å²) in [6.45, 7) is 2.03. The number of ether oxygens (including phenoxy) is 1. The molecule has 94 valence electrons. The molecular formula is C13H17FO2S. The number of aliphatic hydroxyl groups excluding tert-OH is 1. The van der Waals surface area contributed by atoms with E-state index in [0.29, 0.717) is 11.3 Å². The van der Waals surface area contributed by atoms with Crippen molar-refractivity contribution in [1.29, 1.82) is 0 Å². The number of hydrogen-bond acceptors (Lipinski definition) is 3. The Bertz CT molecular complexity index is 402. The van der Waals surface area contributed by atoms with Crippen LogP contribution < -0.4 is 4.74 Å². The second-order valence-corrected chi connectivity index (χ2v) is 6.18. The molecule has 0 aliphatic carbocycles. The van der Waals surface area contributed by atoms with Gasteiger partial charge in [-0.1, -0.05) is 0 Å². The Hall–Kier alpha value is -0.740. The third kappa shape index (κ3) is 2.43. The smallest absolute Gasteiger partial charge is 0.124 e. The van der Waals surface area contributed by atoms with Crippen LogP contribution in [0.1, 0.15) is 31.4 Å². The summed E-state index contributed by atoms with van der Waals surface area (Å²) in [5.74, 6) is 1.25. The molecule has 0 amide bonds. The molecule has 4 heteroatoms. The molecule has 1 aliphatic rings. The number of hydrogen-bond donors (Lipinski definition) is 1. The molecule has 2 rings (SSSR count). The maximum absolute atomic E-state index is 13.3. The third-order valence-electron chi connectivity index (χ3n) is 3.31. The summed E-state index contributed by atoms with van der Waals surface area (Å²) in [4.78, 5) is 0. The summed E-state index contributed by atoms with van der Waals surface area (Å²) in [7, 11) is 1.54. The van der Waals surface area contributed by atoms with Crippen LogP contribution in [0.15, 0.2) is 18.2 Å². The SMILES string of the molecule is COc1ccc(F)cc1C(O)C1(C)CCCS1. The molecule has 1 aliphatic heterocycles. The number of benzene rings is 1. The average Bonchev–Trinajstić information content (AvgIpc) is 2.76. The van der Waals surface area contributed by atoms with E-state index in [4.69, 9.17) is 4.74 Å². The van der Waals surface area contributed by atoms with Crippen LogP contribution in [0.4, 0.5) is 4.39 Å². The summed E-state index contributed by atoms with van der Waals surface area (Å²) in [6, 6.07) is 4.28. The van der Waals surface area contributed by atoms with Crippen molar-refractivity contribution in [2.24, 2.45) is 0 Å². The van der Waals surface area contributed by atoms with Crippen LogP contribution in [0, 0.1) is 5.82 Å². The molecule has 1 saturated heterocycles. The molecule has 2 nitrogen and oxygen atoms in total. The van der Waals surface area contributed by atoms with E-state index >= 15 is 0 Å². The zero-order valence-electron chi connectivity index (χ0n) is 10.1. The van der Waals surface area contributed by atoms with Crippen LogP contribution in [-0.4, -0.2) is 22.7 Å². The lowest BCUT2D eigenvalue weighted by Crippen LogP contribution is -2.26. The summed E-state index contributed by atoms with van der Waals surface area (Å²) in [5.41, 5.74) is 0.546. The minimum absolute atomic E-state index is 0.235. The molecule has 2 unspecified atom stereocenters. The highest BCUT2D eigenvalue weighted by atomic mass is 32.2. The Balaban J connectivity index is 2.35. The zero-order chi connectivity index (χ0) is 12.5. The van der Waals surface area contributed by atoms with E-state index in [9.17, 15) is 9.50 Å². The van der Waals surface area contributed by atoms with Crippen molar-refractivity contribution >= 4 is 11.8 Å². The molecular weight excluding hydrogens is 239 g/mol. The van der Waals surface area contributed by atoms with Gasteiger partial charge in [-0.2, -0.15) is 11.8 Å². The fraction of sp³-hybridized carbons (Fsp3) is 0.538. The first-order chi connectivity index (χ1) is 8.07. The molecule has 1 aromatic rings. The molecule has 2 atom stereocenters. The van der Waals surface area contributed by atoms with Gasteiger partial charge in [0.15, 0.2) is 0 Å². The molecule has 1 fully saturated rings. The Morgan fingerprint density at radius 3 is 2.88 bits per heavy atom. The van der Waals surface area contributed by atoms with Crippen LogP contribution in [0.3, 0.4) is 0 Å². The molecule has 0 saturated carbocycles. The fourth-order valence-corrected chi connectivity index (χ4v) is 3.59. The van der Waals surface area contributed by atoms with Gasteiger partial charge < -0.3 is 9.84 Å². The number of rotatable bonds is 3. The normalized spacial score (nSPS) is 25.9. The molecule has 1 N–H and O–H groups in total. The Labute approximate surface area is 105 Å². The van der Waals surface area contributed by atoms with E-state index in [1.165, 1.54) is 19.2 Å². The van der Waals surface area contributed by atoms with Crippen molar-refractivity contribution in [3.8, 4) is 5.75 Å². The number of halogens is 1. The van der Waals surface area contributed by atoms with Crippen molar-refractivity contribution in [2.45, 2.75) is 30.6 Å². The van der Waals surface area contributed by atoms with Gasteiger partial charge in [-0.3, -0.25) is 0 Å². The average molecular weight is 256 g/mol. The van der Waals surface area contributed by atoms with Gasteiger partial charge in [-0.15, -0.1) is 0 Å². The fourth-order valence-electron chi connectivity index (χ4n) is 2.26. The van der Waals surface area contributed by atoms with Gasteiger partial charge in [-0.05, 0) is 43.7 Å². The Morgan fingerprint density at radius 1 is 1.53 bits per heavy atom. The minimum atomic E-state index is -0.694. The van der Waals surface area contributed by atoms with Gasteiger partial charge in [0.25, 0.3) is 0 Å². The number of methoxy groups -OCH3 is 1. The Morgan fingerprint density at radius 2 is 2.29 bits per heavy atom. The summed E-state index contributed by atoms with van der Waals surface area (Å²) < 4.78 is 18.2. The highest BCUT2D eigenvalue weighted by Crippen LogP contribution is 2.48. The van der Waals surface area contributed by atoms with Crippen LogP contribution in [-0.2, 0) is 0 Å². The van der Waals surface area contributed by atoms with Gasteiger partial charge >= 0.3 is 0 Å². The molecule has 1 heterocycles.